The summed E-state index contributed by atoms with van der Waals surface area (Å²) in [5, 5.41) is 3.97. The molecule has 1 nitrogen and oxygen atoms in total. The largest absolute Gasteiger partial charge is 0.377 e. The second-order valence-electron chi connectivity index (χ2n) is 5.49. The molecule has 3 rings (SSSR count). The topological polar surface area (TPSA) is 12.0 Å². The molecule has 0 heterocycles. The van der Waals surface area contributed by atoms with E-state index < -0.39 is 0 Å². The van der Waals surface area contributed by atoms with Crippen LogP contribution in [0.25, 0.3) is 0 Å². The van der Waals surface area contributed by atoms with E-state index in [1.165, 1.54) is 36.1 Å². The van der Waals surface area contributed by atoms with Crippen molar-refractivity contribution in [2.75, 3.05) is 5.32 Å². The van der Waals surface area contributed by atoms with Gasteiger partial charge >= 0.3 is 0 Å². The van der Waals surface area contributed by atoms with Crippen LogP contribution in [0, 0.1) is 18.7 Å². The third-order valence-corrected chi connectivity index (χ3v) is 4.10. The van der Waals surface area contributed by atoms with Crippen molar-refractivity contribution in [2.45, 2.75) is 25.8 Å². The zero-order valence-corrected chi connectivity index (χ0v) is 12.1. The Morgan fingerprint density at radius 3 is 2.50 bits per heavy atom. The molecular formula is C17H17ClFN. The molecule has 1 aliphatic rings. The van der Waals surface area contributed by atoms with E-state index >= 15 is 0 Å². The van der Waals surface area contributed by atoms with Gasteiger partial charge in [-0.3, -0.25) is 0 Å². The standard InChI is InChI=1S/C17H17ClFN/c1-11-2-4-12(5-3-11)17(13-6-7-13)20-16-10-14(19)8-9-15(16)18/h2-5,8-10,13,17,20H,6-7H2,1H3. The molecule has 0 aromatic heterocycles. The lowest BCUT2D eigenvalue weighted by molar-refractivity contribution is 0.626. The van der Waals surface area contributed by atoms with Gasteiger partial charge in [0.05, 0.1) is 16.8 Å². The van der Waals surface area contributed by atoms with Crippen LogP contribution in [0.3, 0.4) is 0 Å². The van der Waals surface area contributed by atoms with Crippen molar-refractivity contribution in [1.82, 2.24) is 0 Å². The third kappa shape index (κ3) is 2.96. The summed E-state index contributed by atoms with van der Waals surface area (Å²) in [6.45, 7) is 2.08. The van der Waals surface area contributed by atoms with Crippen molar-refractivity contribution < 1.29 is 4.39 Å². The highest BCUT2D eigenvalue weighted by molar-refractivity contribution is 6.33. The monoisotopic (exact) mass is 289 g/mol. The molecule has 1 atom stereocenters. The predicted molar refractivity (Wildman–Crippen MR) is 81.7 cm³/mol. The summed E-state index contributed by atoms with van der Waals surface area (Å²) in [5.41, 5.74) is 3.15. The zero-order valence-electron chi connectivity index (χ0n) is 11.4. The molecular weight excluding hydrogens is 273 g/mol. The van der Waals surface area contributed by atoms with Crippen molar-refractivity contribution in [2.24, 2.45) is 5.92 Å². The molecule has 0 radical (unpaired) electrons. The van der Waals surface area contributed by atoms with Gasteiger partial charge in [-0.25, -0.2) is 4.39 Å². The Balaban J connectivity index is 1.88. The van der Waals surface area contributed by atoms with Crippen LogP contribution >= 0.6 is 11.6 Å². The first-order valence-corrected chi connectivity index (χ1v) is 7.29. The second kappa shape index (κ2) is 5.45. The number of halogens is 2. The molecule has 1 saturated carbocycles. The van der Waals surface area contributed by atoms with Crippen LogP contribution < -0.4 is 5.32 Å². The molecule has 0 spiro atoms. The van der Waals surface area contributed by atoms with Crippen molar-refractivity contribution in [3.63, 3.8) is 0 Å². The van der Waals surface area contributed by atoms with Gasteiger partial charge in [0.1, 0.15) is 5.82 Å². The normalized spacial score (nSPS) is 15.9. The molecule has 104 valence electrons. The Morgan fingerprint density at radius 2 is 1.85 bits per heavy atom. The molecule has 0 aliphatic heterocycles. The third-order valence-electron chi connectivity index (χ3n) is 3.77. The second-order valence-corrected chi connectivity index (χ2v) is 5.90. The van der Waals surface area contributed by atoms with Gasteiger partial charge in [0.2, 0.25) is 0 Å². The van der Waals surface area contributed by atoms with E-state index in [9.17, 15) is 4.39 Å². The SMILES string of the molecule is Cc1ccc(C(Nc2cc(F)ccc2Cl)C2CC2)cc1. The van der Waals surface area contributed by atoms with Crippen LogP contribution in [0.5, 0.6) is 0 Å². The fourth-order valence-electron chi connectivity index (χ4n) is 2.45. The molecule has 1 N–H and O–H groups in total. The Bertz CT molecular complexity index is 605. The van der Waals surface area contributed by atoms with Crippen LogP contribution in [-0.2, 0) is 0 Å². The minimum absolute atomic E-state index is 0.204. The average molecular weight is 290 g/mol. The lowest BCUT2D eigenvalue weighted by Gasteiger charge is -2.21. The summed E-state index contributed by atoms with van der Waals surface area (Å²) >= 11 is 6.15. The number of benzene rings is 2. The summed E-state index contributed by atoms with van der Waals surface area (Å²) in [6.07, 6.45) is 2.41. The minimum atomic E-state index is -0.268. The van der Waals surface area contributed by atoms with Crippen LogP contribution in [-0.4, -0.2) is 0 Å². The molecule has 1 fully saturated rings. The number of nitrogens with one attached hydrogen (secondary N) is 1. The Morgan fingerprint density at radius 1 is 1.15 bits per heavy atom. The number of anilines is 1. The fourth-order valence-corrected chi connectivity index (χ4v) is 2.62. The van der Waals surface area contributed by atoms with E-state index in [0.717, 1.165) is 0 Å². The highest BCUT2D eigenvalue weighted by atomic mass is 35.5. The highest BCUT2D eigenvalue weighted by Gasteiger charge is 2.32. The van der Waals surface area contributed by atoms with E-state index in [-0.39, 0.29) is 11.9 Å². The lowest BCUT2D eigenvalue weighted by atomic mass is 10.0. The smallest absolute Gasteiger partial charge is 0.125 e. The van der Waals surface area contributed by atoms with Gasteiger partial charge in [-0.05, 0) is 49.4 Å². The maximum Gasteiger partial charge on any atom is 0.125 e. The summed E-state index contributed by atoms with van der Waals surface area (Å²) in [4.78, 5) is 0. The Kier molecular flexibility index (Phi) is 3.66. The molecule has 2 aromatic carbocycles. The van der Waals surface area contributed by atoms with Crippen LogP contribution in [0.2, 0.25) is 5.02 Å². The van der Waals surface area contributed by atoms with Gasteiger partial charge in [0, 0.05) is 0 Å². The molecule has 1 aliphatic carbocycles. The first-order chi connectivity index (χ1) is 9.63. The average Bonchev–Trinajstić information content (AvgIpc) is 3.25. The summed E-state index contributed by atoms with van der Waals surface area (Å²) in [5.74, 6) is 0.340. The first-order valence-electron chi connectivity index (χ1n) is 6.91. The van der Waals surface area contributed by atoms with Crippen molar-refractivity contribution in [3.05, 3.63) is 64.4 Å². The molecule has 0 bridgehead atoms. The van der Waals surface area contributed by atoms with E-state index in [1.54, 1.807) is 6.07 Å². The van der Waals surface area contributed by atoms with Gasteiger partial charge in [-0.1, -0.05) is 41.4 Å². The van der Waals surface area contributed by atoms with E-state index in [1.807, 2.05) is 0 Å². The number of aryl methyl sites for hydroxylation is 1. The number of rotatable bonds is 4. The minimum Gasteiger partial charge on any atom is -0.377 e. The summed E-state index contributed by atoms with van der Waals surface area (Å²) < 4.78 is 13.4. The molecule has 3 heteroatoms. The molecule has 2 aromatic rings. The molecule has 20 heavy (non-hydrogen) atoms. The van der Waals surface area contributed by atoms with Gasteiger partial charge in [0.15, 0.2) is 0 Å². The van der Waals surface area contributed by atoms with E-state index in [0.29, 0.717) is 16.6 Å². The van der Waals surface area contributed by atoms with Gasteiger partial charge in [-0.2, -0.15) is 0 Å². The Hall–Kier alpha value is -1.54. The maximum atomic E-state index is 13.4. The van der Waals surface area contributed by atoms with E-state index in [4.69, 9.17) is 11.6 Å². The highest BCUT2D eigenvalue weighted by Crippen LogP contribution is 2.43. The van der Waals surface area contributed by atoms with Crippen LogP contribution in [0.4, 0.5) is 10.1 Å². The summed E-state index contributed by atoms with van der Waals surface area (Å²) in [7, 11) is 0. The van der Waals surface area contributed by atoms with Crippen molar-refractivity contribution in [3.8, 4) is 0 Å². The van der Waals surface area contributed by atoms with Gasteiger partial charge < -0.3 is 5.32 Å². The lowest BCUT2D eigenvalue weighted by Crippen LogP contribution is -2.13. The number of hydrogen-bond acceptors (Lipinski definition) is 1. The Labute approximate surface area is 123 Å². The van der Waals surface area contributed by atoms with E-state index in [2.05, 4.69) is 36.5 Å². The molecule has 0 saturated heterocycles. The summed E-state index contributed by atoms with van der Waals surface area (Å²) in [6, 6.07) is 13.1. The molecule has 0 amide bonds. The number of hydrogen-bond donors (Lipinski definition) is 1. The van der Waals surface area contributed by atoms with Crippen LogP contribution in [0.1, 0.15) is 30.0 Å². The van der Waals surface area contributed by atoms with Gasteiger partial charge in [-0.15, -0.1) is 0 Å². The first kappa shape index (κ1) is 13.4. The quantitative estimate of drug-likeness (QED) is 0.800. The maximum absolute atomic E-state index is 13.4. The van der Waals surface area contributed by atoms with Crippen molar-refractivity contribution in [1.29, 1.82) is 0 Å². The van der Waals surface area contributed by atoms with Crippen molar-refractivity contribution >= 4 is 17.3 Å². The predicted octanol–water partition coefficient (Wildman–Crippen LogP) is 5.35. The van der Waals surface area contributed by atoms with Crippen LogP contribution in [0.15, 0.2) is 42.5 Å². The fraction of sp³-hybridized carbons (Fsp3) is 0.294. The van der Waals surface area contributed by atoms with Gasteiger partial charge in [0.25, 0.3) is 0 Å². The molecule has 1 unspecified atom stereocenters. The zero-order chi connectivity index (χ0) is 14.1.